The molecule has 3 aliphatic rings. The van der Waals surface area contributed by atoms with Crippen LogP contribution in [0, 0.1) is 5.92 Å². The van der Waals surface area contributed by atoms with Crippen LogP contribution >= 0.6 is 0 Å². The molecule has 0 amide bonds. The fourth-order valence-electron chi connectivity index (χ4n) is 3.80. The van der Waals surface area contributed by atoms with E-state index < -0.39 is 18.5 Å². The first-order valence-corrected chi connectivity index (χ1v) is 8.71. The van der Waals surface area contributed by atoms with Gasteiger partial charge in [-0.3, -0.25) is 14.7 Å². The molecule has 4 rings (SSSR count). The molecule has 1 aliphatic carbocycles. The van der Waals surface area contributed by atoms with E-state index in [0.717, 1.165) is 31.4 Å². The van der Waals surface area contributed by atoms with Crippen molar-refractivity contribution in [3.05, 3.63) is 30.3 Å². The first-order valence-electron chi connectivity index (χ1n) is 8.71. The summed E-state index contributed by atoms with van der Waals surface area (Å²) in [5, 5.41) is 11.2. The number of benzene rings is 1. The highest BCUT2D eigenvalue weighted by molar-refractivity contribution is 5.87. The summed E-state index contributed by atoms with van der Waals surface area (Å²) in [4.78, 5) is 18.6. The number of carbonyl (C=O) groups excluding carboxylic acids is 1. The third kappa shape index (κ3) is 2.95. The zero-order valence-electron chi connectivity index (χ0n) is 13.5. The second-order valence-corrected chi connectivity index (χ2v) is 6.69. The fourth-order valence-corrected chi connectivity index (χ4v) is 3.80. The Morgan fingerprint density at radius 2 is 1.96 bits per heavy atom. The third-order valence-corrected chi connectivity index (χ3v) is 5.10. The number of carbonyl (C=O) groups is 1. The van der Waals surface area contributed by atoms with Gasteiger partial charge in [0, 0.05) is 0 Å². The second-order valence-electron chi connectivity index (χ2n) is 6.69. The Kier molecular flexibility index (Phi) is 4.54. The molecule has 0 bridgehead atoms. The quantitative estimate of drug-likeness (QED) is 0.904. The van der Waals surface area contributed by atoms with Gasteiger partial charge in [-0.25, -0.2) is 0 Å². The molecule has 2 heterocycles. The Hall–Kier alpha value is -1.47. The SMILES string of the molecule is O=C1[C@@H](CO)O[C@H](OC2CCCC2)[C@H]2ON(c3ccccc3)C[C@@H]12. The molecular formula is C18H23NO5. The van der Waals surface area contributed by atoms with Gasteiger partial charge in [0.2, 0.25) is 0 Å². The minimum atomic E-state index is -0.822. The average molecular weight is 333 g/mol. The van der Waals surface area contributed by atoms with Crippen molar-refractivity contribution in [2.45, 2.75) is 50.3 Å². The van der Waals surface area contributed by atoms with E-state index in [2.05, 4.69) is 0 Å². The van der Waals surface area contributed by atoms with Gasteiger partial charge in [0.1, 0.15) is 12.2 Å². The van der Waals surface area contributed by atoms with E-state index in [1.165, 1.54) is 0 Å². The molecule has 1 aromatic carbocycles. The van der Waals surface area contributed by atoms with Gasteiger partial charge in [-0.05, 0) is 25.0 Å². The number of Topliss-reactive ketones (excluding diaryl/α,β-unsaturated/α-hetero) is 1. The lowest BCUT2D eigenvalue weighted by Crippen LogP contribution is -2.53. The molecule has 0 aromatic heterocycles. The summed E-state index contributed by atoms with van der Waals surface area (Å²) < 4.78 is 11.8. The molecule has 3 fully saturated rings. The van der Waals surface area contributed by atoms with Gasteiger partial charge in [-0.15, -0.1) is 0 Å². The van der Waals surface area contributed by atoms with Crippen molar-refractivity contribution in [2.24, 2.45) is 5.92 Å². The van der Waals surface area contributed by atoms with Crippen LogP contribution in [0.2, 0.25) is 0 Å². The number of ether oxygens (including phenoxy) is 2. The second kappa shape index (κ2) is 6.80. The average Bonchev–Trinajstić information content (AvgIpc) is 3.28. The molecule has 1 saturated carbocycles. The van der Waals surface area contributed by atoms with Crippen molar-refractivity contribution in [1.29, 1.82) is 0 Å². The van der Waals surface area contributed by atoms with Crippen LogP contribution in [0.25, 0.3) is 0 Å². The molecule has 2 saturated heterocycles. The van der Waals surface area contributed by atoms with Gasteiger partial charge in [-0.2, -0.15) is 0 Å². The van der Waals surface area contributed by atoms with Crippen LogP contribution in [0.3, 0.4) is 0 Å². The van der Waals surface area contributed by atoms with Crippen LogP contribution < -0.4 is 5.06 Å². The monoisotopic (exact) mass is 333 g/mol. The minimum Gasteiger partial charge on any atom is -0.393 e. The number of hydrogen-bond acceptors (Lipinski definition) is 6. The van der Waals surface area contributed by atoms with E-state index in [1.54, 1.807) is 5.06 Å². The predicted octanol–water partition coefficient (Wildman–Crippen LogP) is 1.67. The molecule has 2 aliphatic heterocycles. The third-order valence-electron chi connectivity index (χ3n) is 5.10. The molecule has 24 heavy (non-hydrogen) atoms. The Bertz CT molecular complexity index is 574. The number of aliphatic hydroxyl groups is 1. The number of hydrogen-bond donors (Lipinski definition) is 1. The lowest BCUT2D eigenvalue weighted by atomic mass is 9.91. The Morgan fingerprint density at radius 1 is 1.21 bits per heavy atom. The lowest BCUT2D eigenvalue weighted by molar-refractivity contribution is -0.259. The number of rotatable bonds is 4. The lowest BCUT2D eigenvalue weighted by Gasteiger charge is -2.36. The van der Waals surface area contributed by atoms with Crippen molar-refractivity contribution < 1.29 is 24.2 Å². The van der Waals surface area contributed by atoms with Crippen molar-refractivity contribution in [3.63, 3.8) is 0 Å². The molecule has 4 atom stereocenters. The van der Waals surface area contributed by atoms with Crippen molar-refractivity contribution >= 4 is 11.5 Å². The van der Waals surface area contributed by atoms with E-state index in [1.807, 2.05) is 30.3 Å². The number of nitrogens with zero attached hydrogens (tertiary/aromatic N) is 1. The van der Waals surface area contributed by atoms with Crippen LogP contribution in [0.1, 0.15) is 25.7 Å². The van der Waals surface area contributed by atoms with Crippen molar-refractivity contribution in [1.82, 2.24) is 0 Å². The maximum absolute atomic E-state index is 12.6. The van der Waals surface area contributed by atoms with Gasteiger partial charge in [0.25, 0.3) is 0 Å². The van der Waals surface area contributed by atoms with Crippen LogP contribution in [0.5, 0.6) is 0 Å². The van der Waals surface area contributed by atoms with E-state index in [9.17, 15) is 9.90 Å². The summed E-state index contributed by atoms with van der Waals surface area (Å²) in [7, 11) is 0. The number of aliphatic hydroxyl groups excluding tert-OH is 1. The van der Waals surface area contributed by atoms with Gasteiger partial charge in [-0.1, -0.05) is 31.0 Å². The van der Waals surface area contributed by atoms with Crippen molar-refractivity contribution in [2.75, 3.05) is 18.2 Å². The summed E-state index contributed by atoms with van der Waals surface area (Å²) in [6, 6.07) is 9.69. The molecule has 1 N–H and O–H groups in total. The summed E-state index contributed by atoms with van der Waals surface area (Å²) in [6.45, 7) is 0.135. The summed E-state index contributed by atoms with van der Waals surface area (Å²) >= 11 is 0. The molecule has 0 radical (unpaired) electrons. The zero-order valence-corrected chi connectivity index (χ0v) is 13.5. The van der Waals surface area contributed by atoms with Crippen molar-refractivity contribution in [3.8, 4) is 0 Å². The number of hydroxylamine groups is 1. The number of para-hydroxylation sites is 1. The van der Waals surface area contributed by atoms with E-state index >= 15 is 0 Å². The summed E-state index contributed by atoms with van der Waals surface area (Å²) in [6.07, 6.45) is 2.60. The molecule has 130 valence electrons. The topological polar surface area (TPSA) is 68.2 Å². The maximum atomic E-state index is 12.6. The molecule has 0 spiro atoms. The maximum Gasteiger partial charge on any atom is 0.188 e. The first-order chi connectivity index (χ1) is 11.8. The largest absolute Gasteiger partial charge is 0.393 e. The normalized spacial score (nSPS) is 33.9. The minimum absolute atomic E-state index is 0.104. The first kappa shape index (κ1) is 16.0. The Balaban J connectivity index is 1.53. The van der Waals surface area contributed by atoms with Crippen LogP contribution in [0.15, 0.2) is 30.3 Å². The summed E-state index contributed by atoms with van der Waals surface area (Å²) in [5.74, 6) is -0.449. The number of fused-ring (bicyclic) bond motifs is 1. The number of ketones is 1. The van der Waals surface area contributed by atoms with E-state index in [4.69, 9.17) is 14.3 Å². The smallest absolute Gasteiger partial charge is 0.188 e. The van der Waals surface area contributed by atoms with E-state index in [0.29, 0.717) is 6.54 Å². The summed E-state index contributed by atoms with van der Waals surface area (Å²) in [5.41, 5.74) is 0.903. The van der Waals surface area contributed by atoms with Gasteiger partial charge < -0.3 is 14.6 Å². The van der Waals surface area contributed by atoms with Gasteiger partial charge >= 0.3 is 0 Å². The molecule has 1 aromatic rings. The molecule has 0 unspecified atom stereocenters. The molecule has 6 nitrogen and oxygen atoms in total. The van der Waals surface area contributed by atoms with Crippen LogP contribution in [-0.4, -0.2) is 48.6 Å². The van der Waals surface area contributed by atoms with E-state index in [-0.39, 0.29) is 24.4 Å². The molecular weight excluding hydrogens is 310 g/mol. The van der Waals surface area contributed by atoms with Crippen LogP contribution in [-0.2, 0) is 19.1 Å². The van der Waals surface area contributed by atoms with Gasteiger partial charge in [0.05, 0.1) is 30.9 Å². The number of anilines is 1. The van der Waals surface area contributed by atoms with Crippen LogP contribution in [0.4, 0.5) is 5.69 Å². The molecule has 6 heteroatoms. The standard InChI is InChI=1S/C18H23NO5/c20-11-15-16(21)14-10-19(12-6-2-1-3-7-12)24-17(14)18(23-15)22-13-8-4-5-9-13/h1-3,6-7,13-15,17-18,20H,4-5,8-11H2/t14-,15+,17-,18-/m0/s1. The van der Waals surface area contributed by atoms with Gasteiger partial charge in [0.15, 0.2) is 12.1 Å². The highest BCUT2D eigenvalue weighted by atomic mass is 16.8. The zero-order chi connectivity index (χ0) is 16.5. The Morgan fingerprint density at radius 3 is 2.67 bits per heavy atom. The highest BCUT2D eigenvalue weighted by Crippen LogP contribution is 2.36. The Labute approximate surface area is 141 Å². The predicted molar refractivity (Wildman–Crippen MR) is 86.2 cm³/mol. The fraction of sp³-hybridized carbons (Fsp3) is 0.611. The highest BCUT2D eigenvalue weighted by Gasteiger charge is 2.52.